The van der Waals surface area contributed by atoms with Crippen molar-refractivity contribution in [3.63, 3.8) is 0 Å². The average molecular weight is 1370 g/mol. The fourth-order valence-electron chi connectivity index (χ4n) is 11.5. The third kappa shape index (κ3) is 20.7. The van der Waals surface area contributed by atoms with Gasteiger partial charge in [-0.1, -0.05) is 154 Å². The van der Waals surface area contributed by atoms with Crippen molar-refractivity contribution in [2.24, 2.45) is 11.3 Å². The average Bonchev–Trinajstić information content (AvgIpc) is 1.77. The largest absolute Gasteiger partial charge is 0.275 e. The predicted octanol–water partition coefficient (Wildman–Crippen LogP) is 11.3. The second-order valence-corrected chi connectivity index (χ2v) is 24.9. The minimum atomic E-state index is -0.315. The zero-order chi connectivity index (χ0) is 74.3. The van der Waals surface area contributed by atoms with Crippen LogP contribution in [0.2, 0.25) is 0 Å². The maximum absolute atomic E-state index is 12.2. The van der Waals surface area contributed by atoms with E-state index in [0.717, 1.165) is 54.5 Å². The fraction of sp³-hybridized carbons (Fsp3) is 0.275. The molecule has 0 aliphatic carbocycles. The Morgan fingerprint density at radius 3 is 0.851 bits per heavy atom. The molecule has 0 saturated heterocycles. The van der Waals surface area contributed by atoms with Crippen molar-refractivity contribution >= 4 is 111 Å². The van der Waals surface area contributed by atoms with Gasteiger partial charge in [0.1, 0.15) is 0 Å². The zero-order valence-electron chi connectivity index (χ0n) is 58.8. The van der Waals surface area contributed by atoms with Gasteiger partial charge in [0.15, 0.2) is 0 Å². The quantitative estimate of drug-likeness (QED) is 0.0832. The topological polar surface area (TPSA) is 262 Å². The van der Waals surface area contributed by atoms with Crippen molar-refractivity contribution < 1.29 is 67.1 Å². The Hall–Kier alpha value is -11.7. The third-order valence-corrected chi connectivity index (χ3v) is 15.7. The molecule has 1 unspecified atom stereocenters. The van der Waals surface area contributed by atoms with Crippen LogP contribution in [0.3, 0.4) is 0 Å². The highest BCUT2D eigenvalue weighted by molar-refractivity contribution is 6.31. The molecule has 21 nitrogen and oxygen atoms in total. The van der Waals surface area contributed by atoms with Crippen LogP contribution in [-0.2, 0) is 86.4 Å². The van der Waals surface area contributed by atoms with Crippen LogP contribution in [0, 0.1) is 25.2 Å². The molecule has 0 aromatic heterocycles. The lowest BCUT2D eigenvalue weighted by molar-refractivity contribution is -0.140. The van der Waals surface area contributed by atoms with E-state index in [1.807, 2.05) is 90.9 Å². The SMILES string of the molecule is CC(CCN1C(=O)C=CC1=O)CC(C)(C)CN1C(=O)C=CC1=O.CCC.CCC.CCc1cc(Cc2cc(C)c(N3C(=O)C=CC3=O)c(CC)c2)cc(C)c1N1C(=O)C=CC1=O.O=C1C=CC(=O)N1c1ccccc1.O=C1C=CC(=O)N1c1ccccc1.O=C1C=CC(=O)N1c1ccccc1. The van der Waals surface area contributed by atoms with E-state index in [4.69, 9.17) is 0 Å². The summed E-state index contributed by atoms with van der Waals surface area (Å²) in [6, 6.07) is 34.7. The molecule has 524 valence electrons. The lowest BCUT2D eigenvalue weighted by Gasteiger charge is -2.32. The Kier molecular flexibility index (Phi) is 28.5. The van der Waals surface area contributed by atoms with Crippen LogP contribution in [0.4, 0.5) is 28.4 Å². The van der Waals surface area contributed by atoms with Gasteiger partial charge in [0.2, 0.25) is 0 Å². The number of hydrogen-bond donors (Lipinski definition) is 0. The smallest absolute Gasteiger partial charge is 0.258 e. The summed E-state index contributed by atoms with van der Waals surface area (Å²) in [7, 11) is 0. The first-order chi connectivity index (χ1) is 48.1. The Morgan fingerprint density at radius 1 is 0.337 bits per heavy atom. The van der Waals surface area contributed by atoms with Crippen molar-refractivity contribution in [3.8, 4) is 0 Å². The molecule has 0 radical (unpaired) electrons. The van der Waals surface area contributed by atoms with Gasteiger partial charge in [-0.2, -0.15) is 0 Å². The number of carbonyl (C=O) groups is 14. The van der Waals surface area contributed by atoms with Gasteiger partial charge < -0.3 is 0 Å². The highest BCUT2D eigenvalue weighted by Crippen LogP contribution is 2.35. The standard InChI is InChI=1S/C27H26N2O4.C17H22N2O4.3C10H7NO2.2C3H8/c1-5-20-14-18(11-16(3)26(20)28-22(30)7-8-23(28)31)13-19-12-17(4)27(21(6-2)15-19)29-24(32)9-10-25(29)33;1-12(8-9-18-13(20)4-5-14(18)21)10-17(2,3)11-19-15(22)6-7-16(19)23;3*12-9-6-7-10(13)11(9)8-4-2-1-3-5-8;2*1-3-2/h7-12,14-15H,5-6,13H2,1-4H3;4-7,12H,8-11H2,1-3H3;3*1-7H;2*3H2,1-2H3. The minimum Gasteiger partial charge on any atom is -0.275 e. The molecule has 7 heterocycles. The molecular formula is C80H85N7O14. The molecule has 7 aliphatic rings. The number of hydrogen-bond acceptors (Lipinski definition) is 14. The summed E-state index contributed by atoms with van der Waals surface area (Å²) in [6.07, 6.45) is 24.0. The number of nitrogens with zero attached hydrogens (tertiary/aromatic N) is 7. The number of para-hydroxylation sites is 3. The molecule has 21 heteroatoms. The summed E-state index contributed by atoms with van der Waals surface area (Å²) >= 11 is 0. The van der Waals surface area contributed by atoms with Gasteiger partial charge in [-0.15, -0.1) is 0 Å². The van der Waals surface area contributed by atoms with E-state index < -0.39 is 0 Å². The Morgan fingerprint density at radius 2 is 0.584 bits per heavy atom. The molecule has 0 N–H and O–H groups in total. The number of rotatable bonds is 16. The molecule has 0 spiro atoms. The molecule has 12 rings (SSSR count). The maximum Gasteiger partial charge on any atom is 0.258 e. The summed E-state index contributed by atoms with van der Waals surface area (Å²) in [4.78, 5) is 171. The number of imide groups is 7. The first-order valence-corrected chi connectivity index (χ1v) is 33.4. The van der Waals surface area contributed by atoms with E-state index in [0.29, 0.717) is 67.2 Å². The van der Waals surface area contributed by atoms with E-state index in [1.165, 1.54) is 118 Å². The third-order valence-electron chi connectivity index (χ3n) is 15.7. The van der Waals surface area contributed by atoms with E-state index in [-0.39, 0.29) is 94.0 Å². The van der Waals surface area contributed by atoms with Crippen LogP contribution in [0.1, 0.15) is 121 Å². The summed E-state index contributed by atoms with van der Waals surface area (Å²) in [5, 5.41) is 0. The Bertz CT molecular complexity index is 3830. The van der Waals surface area contributed by atoms with Gasteiger partial charge >= 0.3 is 0 Å². The second kappa shape index (κ2) is 36.7. The van der Waals surface area contributed by atoms with Crippen molar-refractivity contribution in [1.29, 1.82) is 0 Å². The molecule has 14 amide bonds. The van der Waals surface area contributed by atoms with Crippen LogP contribution < -0.4 is 24.5 Å². The number of carbonyl (C=O) groups excluding carboxylic acids is 14. The van der Waals surface area contributed by atoms with Gasteiger partial charge in [-0.05, 0) is 127 Å². The minimum absolute atomic E-state index is 0.228. The van der Waals surface area contributed by atoms with E-state index in [2.05, 4.69) is 27.7 Å². The van der Waals surface area contributed by atoms with E-state index in [1.54, 1.807) is 72.8 Å². The molecular weight excluding hydrogens is 1280 g/mol. The summed E-state index contributed by atoms with van der Waals surface area (Å²) < 4.78 is 0. The number of benzene rings is 5. The summed E-state index contributed by atoms with van der Waals surface area (Å²) in [5.74, 6) is -3.75. The van der Waals surface area contributed by atoms with Crippen molar-refractivity contribution in [3.05, 3.63) is 234 Å². The first-order valence-electron chi connectivity index (χ1n) is 33.4. The summed E-state index contributed by atoms with van der Waals surface area (Å²) in [6.45, 7) is 23.2. The highest BCUT2D eigenvalue weighted by Gasteiger charge is 2.34. The van der Waals surface area contributed by atoms with Crippen LogP contribution in [0.5, 0.6) is 0 Å². The lowest BCUT2D eigenvalue weighted by Crippen LogP contribution is -2.39. The van der Waals surface area contributed by atoms with E-state index >= 15 is 0 Å². The number of amides is 14. The molecule has 7 aliphatic heterocycles. The first kappa shape index (κ1) is 78.3. The lowest BCUT2D eigenvalue weighted by atomic mass is 9.81. The van der Waals surface area contributed by atoms with E-state index in [9.17, 15) is 67.1 Å². The van der Waals surface area contributed by atoms with Gasteiger partial charge in [0.05, 0.1) is 28.4 Å². The predicted molar refractivity (Wildman–Crippen MR) is 387 cm³/mol. The molecule has 5 aromatic rings. The molecule has 0 saturated carbocycles. The molecule has 5 aromatic carbocycles. The Balaban J connectivity index is 0.000000205. The number of anilines is 5. The normalized spacial score (nSPS) is 15.9. The van der Waals surface area contributed by atoms with Gasteiger partial charge in [0.25, 0.3) is 82.7 Å². The molecule has 0 fully saturated rings. The van der Waals surface area contributed by atoms with Crippen molar-refractivity contribution in [2.45, 2.75) is 121 Å². The van der Waals surface area contributed by atoms with Gasteiger partial charge in [-0.3, -0.25) is 76.9 Å². The fourth-order valence-corrected chi connectivity index (χ4v) is 11.5. The van der Waals surface area contributed by atoms with Gasteiger partial charge in [-0.25, -0.2) is 24.5 Å². The second-order valence-electron chi connectivity index (χ2n) is 24.9. The van der Waals surface area contributed by atoms with Crippen LogP contribution in [0.15, 0.2) is 200 Å². The zero-order valence-corrected chi connectivity index (χ0v) is 58.8. The Labute approximate surface area is 589 Å². The number of aryl methyl sites for hydroxylation is 4. The highest BCUT2D eigenvalue weighted by atomic mass is 16.2. The molecule has 0 bridgehead atoms. The maximum atomic E-state index is 12.2. The van der Waals surface area contributed by atoms with Crippen molar-refractivity contribution in [1.82, 2.24) is 9.80 Å². The van der Waals surface area contributed by atoms with Crippen molar-refractivity contribution in [2.75, 3.05) is 37.6 Å². The van der Waals surface area contributed by atoms with Crippen LogP contribution >= 0.6 is 0 Å². The monoisotopic (exact) mass is 1370 g/mol. The summed E-state index contributed by atoms with van der Waals surface area (Å²) in [5.41, 5.74) is 8.73. The van der Waals surface area contributed by atoms with Crippen LogP contribution in [0.25, 0.3) is 0 Å². The van der Waals surface area contributed by atoms with Gasteiger partial charge in [0, 0.05) is 98.2 Å². The molecule has 1 atom stereocenters. The molecule has 101 heavy (non-hydrogen) atoms. The van der Waals surface area contributed by atoms with Crippen LogP contribution in [-0.4, -0.2) is 106 Å².